The van der Waals surface area contributed by atoms with Gasteiger partial charge in [-0.15, -0.1) is 23.7 Å². The van der Waals surface area contributed by atoms with Crippen LogP contribution in [0.4, 0.5) is 5.69 Å². The lowest BCUT2D eigenvalue weighted by Crippen LogP contribution is -2.21. The predicted molar refractivity (Wildman–Crippen MR) is 103 cm³/mol. The van der Waals surface area contributed by atoms with Gasteiger partial charge >= 0.3 is 0 Å². The van der Waals surface area contributed by atoms with Crippen LogP contribution in [-0.4, -0.2) is 11.0 Å². The number of rotatable bonds is 6. The molecule has 0 aromatic carbocycles. The molecule has 3 heterocycles. The van der Waals surface area contributed by atoms with Gasteiger partial charge in [-0.25, -0.2) is 4.98 Å². The maximum Gasteiger partial charge on any atom is 0.177 e. The zero-order valence-electron chi connectivity index (χ0n) is 12.7. The van der Waals surface area contributed by atoms with E-state index < -0.39 is 0 Å². The summed E-state index contributed by atoms with van der Waals surface area (Å²) in [5, 5.41) is 5.80. The second-order valence-electron chi connectivity index (χ2n) is 5.31. The Morgan fingerprint density at radius 2 is 2.38 bits per heavy atom. The van der Waals surface area contributed by atoms with E-state index >= 15 is 0 Å². The summed E-state index contributed by atoms with van der Waals surface area (Å²) in [6.45, 7) is 0.692. The molecule has 4 nitrogen and oxygen atoms in total. The minimum Gasteiger partial charge on any atom is -0.456 e. The molecule has 0 aliphatic rings. The Bertz CT molecular complexity index is 886. The first-order valence-corrected chi connectivity index (χ1v) is 9.36. The Kier molecular flexibility index (Phi) is 5.47. The van der Waals surface area contributed by atoms with Gasteiger partial charge in [0.15, 0.2) is 5.58 Å². The number of furan rings is 1. The molecule has 0 radical (unpaired) electrons. The average molecular weight is 425 g/mol. The van der Waals surface area contributed by atoms with Crippen molar-refractivity contribution in [3.05, 3.63) is 43.8 Å². The van der Waals surface area contributed by atoms with Crippen molar-refractivity contribution in [3.8, 4) is 12.3 Å². The van der Waals surface area contributed by atoms with Gasteiger partial charge in [0.25, 0.3) is 0 Å². The smallest absolute Gasteiger partial charge is 0.177 e. The molecule has 124 valence electrons. The van der Waals surface area contributed by atoms with Gasteiger partial charge in [-0.2, -0.15) is 0 Å². The topological polar surface area (TPSA) is 64.1 Å². The fourth-order valence-corrected chi connectivity index (χ4v) is 3.72. The van der Waals surface area contributed by atoms with Gasteiger partial charge in [0.05, 0.1) is 10.2 Å². The molecular formula is C17H15BrClN3OS. The molecule has 24 heavy (non-hydrogen) atoms. The standard InChI is InChI=1S/C17H15BrClN3OS/c1-2-4-10(20)7-13-15(18)16-17(23-13)12(8-14(19)22-16)21-9-11-5-3-6-24-11/h1,3,5-6,8,10H,4,7,9,20H2,(H,21,22). The van der Waals surface area contributed by atoms with Gasteiger partial charge in [0.1, 0.15) is 16.4 Å². The van der Waals surface area contributed by atoms with Gasteiger partial charge in [0, 0.05) is 36.4 Å². The van der Waals surface area contributed by atoms with Crippen molar-refractivity contribution < 1.29 is 4.42 Å². The molecular weight excluding hydrogens is 410 g/mol. The Balaban J connectivity index is 1.92. The van der Waals surface area contributed by atoms with Crippen molar-refractivity contribution in [1.29, 1.82) is 0 Å². The summed E-state index contributed by atoms with van der Waals surface area (Å²) in [6.07, 6.45) is 6.33. The molecule has 0 aliphatic heterocycles. The van der Waals surface area contributed by atoms with Crippen LogP contribution < -0.4 is 11.1 Å². The van der Waals surface area contributed by atoms with Crippen LogP contribution in [0.3, 0.4) is 0 Å². The van der Waals surface area contributed by atoms with Crippen LogP contribution in [0.25, 0.3) is 11.1 Å². The van der Waals surface area contributed by atoms with E-state index in [2.05, 4.69) is 38.2 Å². The highest BCUT2D eigenvalue weighted by atomic mass is 79.9. The van der Waals surface area contributed by atoms with E-state index in [0.29, 0.717) is 35.6 Å². The fourth-order valence-electron chi connectivity index (χ4n) is 2.37. The zero-order valence-corrected chi connectivity index (χ0v) is 15.8. The SMILES string of the molecule is C#CCC(N)Cc1oc2c(NCc3cccs3)cc(Cl)nc2c1Br. The quantitative estimate of drug-likeness (QED) is 0.440. The number of nitrogens with zero attached hydrogens (tertiary/aromatic N) is 1. The van der Waals surface area contributed by atoms with Crippen LogP contribution in [0.5, 0.6) is 0 Å². The molecule has 3 rings (SSSR count). The van der Waals surface area contributed by atoms with Crippen LogP contribution in [0.2, 0.25) is 5.15 Å². The lowest BCUT2D eigenvalue weighted by Gasteiger charge is -2.06. The van der Waals surface area contributed by atoms with Crippen molar-refractivity contribution in [2.75, 3.05) is 5.32 Å². The van der Waals surface area contributed by atoms with E-state index in [9.17, 15) is 0 Å². The van der Waals surface area contributed by atoms with Crippen LogP contribution in [-0.2, 0) is 13.0 Å². The average Bonchev–Trinajstić information content (AvgIpc) is 3.15. The van der Waals surface area contributed by atoms with Gasteiger partial charge in [-0.05, 0) is 27.4 Å². The van der Waals surface area contributed by atoms with Crippen molar-refractivity contribution in [3.63, 3.8) is 0 Å². The number of hydrogen-bond acceptors (Lipinski definition) is 5. The first-order valence-electron chi connectivity index (χ1n) is 7.31. The molecule has 3 aromatic heterocycles. The highest BCUT2D eigenvalue weighted by molar-refractivity contribution is 9.10. The molecule has 0 saturated carbocycles. The molecule has 0 saturated heterocycles. The lowest BCUT2D eigenvalue weighted by atomic mass is 10.1. The van der Waals surface area contributed by atoms with Crippen molar-refractivity contribution in [2.45, 2.75) is 25.4 Å². The molecule has 7 heteroatoms. The summed E-state index contributed by atoms with van der Waals surface area (Å²) in [4.78, 5) is 5.58. The number of fused-ring (bicyclic) bond motifs is 1. The Labute approximate surface area is 157 Å². The molecule has 1 unspecified atom stereocenters. The molecule has 0 spiro atoms. The summed E-state index contributed by atoms with van der Waals surface area (Å²) >= 11 is 11.4. The van der Waals surface area contributed by atoms with Crippen molar-refractivity contribution in [1.82, 2.24) is 4.98 Å². The number of hydrogen-bond donors (Lipinski definition) is 2. The highest BCUT2D eigenvalue weighted by Gasteiger charge is 2.19. The third-order valence-electron chi connectivity index (χ3n) is 3.48. The Morgan fingerprint density at radius 3 is 3.08 bits per heavy atom. The van der Waals surface area contributed by atoms with Gasteiger partial charge in [0.2, 0.25) is 0 Å². The monoisotopic (exact) mass is 423 g/mol. The molecule has 0 aliphatic carbocycles. The summed E-state index contributed by atoms with van der Waals surface area (Å²) in [5.41, 5.74) is 8.15. The summed E-state index contributed by atoms with van der Waals surface area (Å²) in [7, 11) is 0. The van der Waals surface area contributed by atoms with E-state index in [0.717, 1.165) is 15.9 Å². The summed E-state index contributed by atoms with van der Waals surface area (Å²) in [6, 6.07) is 5.69. The first kappa shape index (κ1) is 17.3. The van der Waals surface area contributed by atoms with Crippen molar-refractivity contribution >= 4 is 55.7 Å². The third-order valence-corrected chi connectivity index (χ3v) is 5.37. The van der Waals surface area contributed by atoms with E-state index in [1.807, 2.05) is 11.4 Å². The van der Waals surface area contributed by atoms with Crippen LogP contribution >= 0.6 is 38.9 Å². The lowest BCUT2D eigenvalue weighted by molar-refractivity contribution is 0.514. The minimum absolute atomic E-state index is 0.162. The van der Waals surface area contributed by atoms with Crippen LogP contribution in [0, 0.1) is 12.3 Å². The van der Waals surface area contributed by atoms with E-state index in [1.54, 1.807) is 17.4 Å². The molecule has 0 amide bonds. The number of aromatic nitrogens is 1. The number of pyridine rings is 1. The molecule has 3 N–H and O–H groups in total. The number of nitrogens with one attached hydrogen (secondary N) is 1. The van der Waals surface area contributed by atoms with E-state index in [1.165, 1.54) is 4.88 Å². The zero-order chi connectivity index (χ0) is 17.1. The number of nitrogens with two attached hydrogens (primary N) is 1. The Morgan fingerprint density at radius 1 is 1.54 bits per heavy atom. The highest BCUT2D eigenvalue weighted by Crippen LogP contribution is 2.36. The predicted octanol–water partition coefficient (Wildman–Crippen LogP) is 4.81. The number of terminal acetylenes is 1. The number of thiophene rings is 1. The van der Waals surface area contributed by atoms with Crippen LogP contribution in [0.1, 0.15) is 17.1 Å². The normalized spacial score (nSPS) is 12.2. The van der Waals surface area contributed by atoms with E-state index in [4.69, 9.17) is 28.2 Å². The summed E-state index contributed by atoms with van der Waals surface area (Å²) in [5.74, 6) is 3.29. The maximum atomic E-state index is 6.16. The largest absolute Gasteiger partial charge is 0.456 e. The minimum atomic E-state index is -0.162. The van der Waals surface area contributed by atoms with Crippen LogP contribution in [0.15, 0.2) is 32.5 Å². The third kappa shape index (κ3) is 3.76. The van der Waals surface area contributed by atoms with E-state index in [-0.39, 0.29) is 6.04 Å². The van der Waals surface area contributed by atoms with Gasteiger partial charge in [-0.3, -0.25) is 0 Å². The van der Waals surface area contributed by atoms with Gasteiger partial charge in [-0.1, -0.05) is 17.7 Å². The van der Waals surface area contributed by atoms with Crippen molar-refractivity contribution in [2.24, 2.45) is 5.73 Å². The second kappa shape index (κ2) is 7.58. The second-order valence-corrected chi connectivity index (χ2v) is 7.53. The fraction of sp³-hybridized carbons (Fsp3) is 0.235. The molecule has 3 aromatic rings. The maximum absolute atomic E-state index is 6.16. The number of halogens is 2. The first-order chi connectivity index (χ1) is 11.6. The summed E-state index contributed by atoms with van der Waals surface area (Å²) < 4.78 is 6.77. The Hall–Kier alpha value is -1.52. The molecule has 0 fully saturated rings. The number of anilines is 1. The molecule has 0 bridgehead atoms. The molecule has 1 atom stereocenters. The van der Waals surface area contributed by atoms with Gasteiger partial charge < -0.3 is 15.5 Å².